The van der Waals surface area contributed by atoms with Crippen LogP contribution in [0.2, 0.25) is 0 Å². The summed E-state index contributed by atoms with van der Waals surface area (Å²) in [7, 11) is 1.94. The van der Waals surface area contributed by atoms with E-state index in [-0.39, 0.29) is 0 Å². The summed E-state index contributed by atoms with van der Waals surface area (Å²) in [4.78, 5) is 0. The van der Waals surface area contributed by atoms with E-state index in [9.17, 15) is 0 Å². The molecule has 0 radical (unpaired) electrons. The van der Waals surface area contributed by atoms with Crippen LogP contribution in [0.25, 0.3) is 11.1 Å². The lowest BCUT2D eigenvalue weighted by molar-refractivity contribution is 0.740. The molecular weight excluding hydrogens is 174 g/mol. The molecule has 0 saturated heterocycles. The average molecular weight is 187 g/mol. The first-order valence-corrected chi connectivity index (χ1v) is 4.53. The minimum atomic E-state index is 0.783. The Kier molecular flexibility index (Phi) is 2.00. The van der Waals surface area contributed by atoms with Crippen molar-refractivity contribution in [1.29, 1.82) is 0 Å². The van der Waals surface area contributed by atoms with Crippen molar-refractivity contribution in [2.45, 2.75) is 6.92 Å². The molecule has 0 saturated carbocycles. The van der Waals surface area contributed by atoms with Crippen molar-refractivity contribution in [3.8, 4) is 11.1 Å². The summed E-state index contributed by atoms with van der Waals surface area (Å²) in [6.07, 6.45) is 1.87. The Morgan fingerprint density at radius 3 is 2.71 bits per heavy atom. The second kappa shape index (κ2) is 3.18. The lowest BCUT2D eigenvalue weighted by Gasteiger charge is -2.01. The molecule has 0 amide bonds. The minimum absolute atomic E-state index is 0.783. The first kappa shape index (κ1) is 8.81. The standard InChI is InChI=1S/C11H13N3/c1-8-11(7-13-14(8)2)9-4-3-5-10(12)6-9/h3-7H,12H2,1-2H3. The highest BCUT2D eigenvalue weighted by molar-refractivity contribution is 5.68. The van der Waals surface area contributed by atoms with Crippen LogP contribution in [0.3, 0.4) is 0 Å². The fourth-order valence-corrected chi connectivity index (χ4v) is 1.49. The SMILES string of the molecule is Cc1c(-c2cccc(N)c2)cnn1C. The normalized spacial score (nSPS) is 10.4. The van der Waals surface area contributed by atoms with Crippen LogP contribution in [0, 0.1) is 6.92 Å². The molecule has 1 aromatic carbocycles. The van der Waals surface area contributed by atoms with Gasteiger partial charge in [0.1, 0.15) is 0 Å². The van der Waals surface area contributed by atoms with E-state index >= 15 is 0 Å². The van der Waals surface area contributed by atoms with Gasteiger partial charge in [0, 0.05) is 24.0 Å². The van der Waals surface area contributed by atoms with Crippen LogP contribution in [-0.4, -0.2) is 9.78 Å². The van der Waals surface area contributed by atoms with E-state index in [0.29, 0.717) is 0 Å². The number of rotatable bonds is 1. The van der Waals surface area contributed by atoms with Crippen LogP contribution < -0.4 is 5.73 Å². The number of anilines is 1. The van der Waals surface area contributed by atoms with Crippen molar-refractivity contribution in [2.24, 2.45) is 7.05 Å². The first-order valence-electron chi connectivity index (χ1n) is 4.53. The van der Waals surface area contributed by atoms with E-state index in [1.807, 2.05) is 49.1 Å². The largest absolute Gasteiger partial charge is 0.399 e. The van der Waals surface area contributed by atoms with Gasteiger partial charge in [0.05, 0.1) is 6.20 Å². The van der Waals surface area contributed by atoms with Crippen molar-refractivity contribution >= 4 is 5.69 Å². The predicted molar refractivity (Wildman–Crippen MR) is 57.8 cm³/mol. The van der Waals surface area contributed by atoms with Crippen molar-refractivity contribution in [3.63, 3.8) is 0 Å². The molecule has 3 nitrogen and oxygen atoms in total. The summed E-state index contributed by atoms with van der Waals surface area (Å²) >= 11 is 0. The molecular formula is C11H13N3. The van der Waals surface area contributed by atoms with Gasteiger partial charge < -0.3 is 5.73 Å². The monoisotopic (exact) mass is 187 g/mol. The third-order valence-corrected chi connectivity index (χ3v) is 2.43. The third kappa shape index (κ3) is 1.37. The summed E-state index contributed by atoms with van der Waals surface area (Å²) in [6, 6.07) is 7.84. The highest BCUT2D eigenvalue weighted by Gasteiger charge is 2.05. The van der Waals surface area contributed by atoms with Gasteiger partial charge in [-0.15, -0.1) is 0 Å². The summed E-state index contributed by atoms with van der Waals surface area (Å²) in [6.45, 7) is 2.05. The Balaban J connectivity index is 2.55. The van der Waals surface area contributed by atoms with Crippen LogP contribution >= 0.6 is 0 Å². The maximum absolute atomic E-state index is 5.73. The second-order valence-corrected chi connectivity index (χ2v) is 3.39. The van der Waals surface area contributed by atoms with Gasteiger partial charge in [-0.2, -0.15) is 5.10 Å². The van der Waals surface area contributed by atoms with Gasteiger partial charge in [-0.25, -0.2) is 0 Å². The molecule has 0 atom stereocenters. The first-order chi connectivity index (χ1) is 6.68. The lowest BCUT2D eigenvalue weighted by Crippen LogP contribution is -1.92. The molecule has 2 rings (SSSR count). The Morgan fingerprint density at radius 1 is 1.36 bits per heavy atom. The molecule has 0 aliphatic heterocycles. The van der Waals surface area contributed by atoms with Gasteiger partial charge in [0.15, 0.2) is 0 Å². The number of benzene rings is 1. The molecule has 0 unspecified atom stereocenters. The van der Waals surface area contributed by atoms with E-state index in [2.05, 4.69) is 5.10 Å². The zero-order chi connectivity index (χ0) is 10.1. The number of nitrogens with zero attached hydrogens (tertiary/aromatic N) is 2. The fourth-order valence-electron chi connectivity index (χ4n) is 1.49. The van der Waals surface area contributed by atoms with Crippen molar-refractivity contribution < 1.29 is 0 Å². The molecule has 0 aliphatic carbocycles. The highest BCUT2D eigenvalue weighted by Crippen LogP contribution is 2.23. The van der Waals surface area contributed by atoms with Gasteiger partial charge in [-0.1, -0.05) is 12.1 Å². The summed E-state index contributed by atoms with van der Waals surface area (Å²) in [5.41, 5.74) is 9.92. The van der Waals surface area contributed by atoms with E-state index in [1.165, 1.54) is 0 Å². The maximum Gasteiger partial charge on any atom is 0.0571 e. The zero-order valence-corrected chi connectivity index (χ0v) is 8.36. The van der Waals surface area contributed by atoms with Gasteiger partial charge in [-0.3, -0.25) is 4.68 Å². The molecule has 0 aliphatic rings. The Bertz CT molecular complexity index is 457. The van der Waals surface area contributed by atoms with Crippen molar-refractivity contribution in [1.82, 2.24) is 9.78 Å². The predicted octanol–water partition coefficient (Wildman–Crippen LogP) is 1.98. The van der Waals surface area contributed by atoms with E-state index < -0.39 is 0 Å². The Labute approximate surface area is 83.2 Å². The number of aromatic nitrogens is 2. The number of hydrogen-bond acceptors (Lipinski definition) is 2. The molecule has 72 valence electrons. The number of nitrogens with two attached hydrogens (primary N) is 1. The van der Waals surface area contributed by atoms with Gasteiger partial charge in [0.25, 0.3) is 0 Å². The molecule has 1 aromatic heterocycles. The Morgan fingerprint density at radius 2 is 2.14 bits per heavy atom. The molecule has 0 spiro atoms. The smallest absolute Gasteiger partial charge is 0.0571 e. The topological polar surface area (TPSA) is 43.8 Å². The van der Waals surface area contributed by atoms with Crippen LogP contribution in [0.5, 0.6) is 0 Å². The van der Waals surface area contributed by atoms with Crippen molar-refractivity contribution in [2.75, 3.05) is 5.73 Å². The Hall–Kier alpha value is -1.77. The average Bonchev–Trinajstić information content (AvgIpc) is 2.48. The minimum Gasteiger partial charge on any atom is -0.399 e. The molecule has 1 heterocycles. The highest BCUT2D eigenvalue weighted by atomic mass is 15.3. The molecule has 2 aromatic rings. The van der Waals surface area contributed by atoms with Crippen LogP contribution in [0.1, 0.15) is 5.69 Å². The van der Waals surface area contributed by atoms with Gasteiger partial charge >= 0.3 is 0 Å². The molecule has 0 fully saturated rings. The molecule has 3 heteroatoms. The van der Waals surface area contributed by atoms with Gasteiger partial charge in [0.2, 0.25) is 0 Å². The summed E-state index contributed by atoms with van der Waals surface area (Å²) < 4.78 is 1.86. The quantitative estimate of drug-likeness (QED) is 0.694. The molecule has 14 heavy (non-hydrogen) atoms. The lowest BCUT2D eigenvalue weighted by atomic mass is 10.1. The van der Waals surface area contributed by atoms with Crippen molar-refractivity contribution in [3.05, 3.63) is 36.2 Å². The fraction of sp³-hybridized carbons (Fsp3) is 0.182. The van der Waals surface area contributed by atoms with Crippen LogP contribution in [0.15, 0.2) is 30.5 Å². The number of hydrogen-bond donors (Lipinski definition) is 1. The number of nitrogen functional groups attached to an aromatic ring is 1. The molecule has 2 N–H and O–H groups in total. The van der Waals surface area contributed by atoms with E-state index in [4.69, 9.17) is 5.73 Å². The van der Waals surface area contributed by atoms with E-state index in [0.717, 1.165) is 22.5 Å². The third-order valence-electron chi connectivity index (χ3n) is 2.43. The second-order valence-electron chi connectivity index (χ2n) is 3.39. The van der Waals surface area contributed by atoms with Crippen LogP contribution in [0.4, 0.5) is 5.69 Å². The maximum atomic E-state index is 5.73. The van der Waals surface area contributed by atoms with E-state index in [1.54, 1.807) is 0 Å². The van der Waals surface area contributed by atoms with Crippen LogP contribution in [-0.2, 0) is 7.05 Å². The summed E-state index contributed by atoms with van der Waals surface area (Å²) in [5, 5.41) is 4.20. The zero-order valence-electron chi connectivity index (χ0n) is 8.36. The summed E-state index contributed by atoms with van der Waals surface area (Å²) in [5.74, 6) is 0. The number of aryl methyl sites for hydroxylation is 1. The molecule has 0 bridgehead atoms. The van der Waals surface area contributed by atoms with Gasteiger partial charge in [-0.05, 0) is 24.6 Å².